The molecule has 0 aliphatic carbocycles. The molecule has 1 unspecified atom stereocenters. The largest absolute Gasteiger partial charge is 0.467 e. The number of hydrogen-bond donors (Lipinski definition) is 1. The quantitative estimate of drug-likeness (QED) is 0.536. The van der Waals surface area contributed by atoms with Gasteiger partial charge in [0.2, 0.25) is 0 Å². The van der Waals surface area contributed by atoms with Crippen molar-refractivity contribution in [2.24, 2.45) is 5.92 Å². The molecule has 0 aliphatic heterocycles. The molecule has 1 atom stereocenters. The Labute approximate surface area is 177 Å². The number of rotatable bonds is 8. The fourth-order valence-electron chi connectivity index (χ4n) is 3.08. The van der Waals surface area contributed by atoms with Gasteiger partial charge in [-0.25, -0.2) is 14.6 Å². The van der Waals surface area contributed by atoms with Gasteiger partial charge in [0.1, 0.15) is 11.7 Å². The lowest BCUT2D eigenvalue weighted by Crippen LogP contribution is -2.44. The van der Waals surface area contributed by atoms with E-state index in [1.54, 1.807) is 19.1 Å². The molecule has 1 amide bonds. The van der Waals surface area contributed by atoms with Gasteiger partial charge in [0, 0.05) is 0 Å². The van der Waals surface area contributed by atoms with Crippen LogP contribution in [-0.2, 0) is 19.1 Å². The van der Waals surface area contributed by atoms with Gasteiger partial charge < -0.3 is 23.7 Å². The third kappa shape index (κ3) is 5.08. The first-order valence-electron chi connectivity index (χ1n) is 9.65. The molecule has 10 nitrogen and oxygen atoms in total. The summed E-state index contributed by atoms with van der Waals surface area (Å²) in [5, 5.41) is 6.76. The number of nitrogens with one attached hydrogen (secondary N) is 1. The zero-order valence-corrected chi connectivity index (χ0v) is 17.6. The third-order valence-corrected chi connectivity index (χ3v) is 4.47. The lowest BCUT2D eigenvalue weighted by molar-refractivity contribution is -0.145. The molecule has 10 heteroatoms. The highest BCUT2D eigenvalue weighted by Gasteiger charge is 2.25. The van der Waals surface area contributed by atoms with Crippen molar-refractivity contribution in [3.05, 3.63) is 35.7 Å². The zero-order chi connectivity index (χ0) is 22.5. The number of fused-ring (bicyclic) bond motifs is 1. The van der Waals surface area contributed by atoms with Gasteiger partial charge >= 0.3 is 11.9 Å². The summed E-state index contributed by atoms with van der Waals surface area (Å²) < 4.78 is 20.4. The molecule has 3 heterocycles. The Hall–Kier alpha value is -3.69. The average molecular weight is 429 g/mol. The molecule has 0 bridgehead atoms. The minimum Gasteiger partial charge on any atom is -0.467 e. The molecule has 31 heavy (non-hydrogen) atoms. The van der Waals surface area contributed by atoms with E-state index < -0.39 is 30.5 Å². The molecule has 0 radical (unpaired) electrons. The lowest BCUT2D eigenvalue weighted by atomic mass is 10.0. The van der Waals surface area contributed by atoms with E-state index in [1.807, 2.05) is 13.8 Å². The van der Waals surface area contributed by atoms with Crippen molar-refractivity contribution < 1.29 is 32.8 Å². The van der Waals surface area contributed by atoms with Crippen molar-refractivity contribution in [1.29, 1.82) is 0 Å². The van der Waals surface area contributed by atoms with Crippen molar-refractivity contribution in [2.75, 3.05) is 13.7 Å². The summed E-state index contributed by atoms with van der Waals surface area (Å²) >= 11 is 0. The van der Waals surface area contributed by atoms with Crippen molar-refractivity contribution >= 4 is 28.9 Å². The molecule has 3 aromatic rings. The van der Waals surface area contributed by atoms with Gasteiger partial charge in [-0.2, -0.15) is 0 Å². The van der Waals surface area contributed by atoms with E-state index in [2.05, 4.69) is 15.5 Å². The molecule has 1 N–H and O–H groups in total. The number of amides is 1. The first-order valence-corrected chi connectivity index (χ1v) is 9.65. The van der Waals surface area contributed by atoms with Crippen LogP contribution in [0.5, 0.6) is 0 Å². The van der Waals surface area contributed by atoms with Crippen LogP contribution in [0.1, 0.15) is 36.3 Å². The molecule has 0 spiro atoms. The molecule has 164 valence electrons. The summed E-state index contributed by atoms with van der Waals surface area (Å²) in [7, 11) is 1.24. The van der Waals surface area contributed by atoms with Gasteiger partial charge in [-0.05, 0) is 37.5 Å². The molecule has 3 aromatic heterocycles. The van der Waals surface area contributed by atoms with Gasteiger partial charge in [0.05, 0.1) is 30.0 Å². The monoisotopic (exact) mass is 429 g/mol. The van der Waals surface area contributed by atoms with Crippen LogP contribution in [0.4, 0.5) is 0 Å². The number of aromatic nitrogens is 2. The molecule has 0 fully saturated rings. The Morgan fingerprint density at radius 2 is 2.03 bits per heavy atom. The fraction of sp³-hybridized carbons (Fsp3) is 0.381. The minimum absolute atomic E-state index is 0.134. The van der Waals surface area contributed by atoms with Gasteiger partial charge in [-0.1, -0.05) is 19.0 Å². The SMILES string of the molecule is COC(=O)C(CC(C)C)NC(=O)COC(=O)c1cc(-c2ccco2)nc2onc(C)c12. The van der Waals surface area contributed by atoms with Crippen LogP contribution in [-0.4, -0.2) is 47.7 Å². The van der Waals surface area contributed by atoms with Crippen molar-refractivity contribution in [3.63, 3.8) is 0 Å². The maximum Gasteiger partial charge on any atom is 0.339 e. The third-order valence-electron chi connectivity index (χ3n) is 4.47. The molecule has 0 aromatic carbocycles. The summed E-state index contributed by atoms with van der Waals surface area (Å²) in [6.07, 6.45) is 1.87. The highest BCUT2D eigenvalue weighted by Crippen LogP contribution is 2.27. The normalized spacial score (nSPS) is 12.0. The number of esters is 2. The van der Waals surface area contributed by atoms with Gasteiger partial charge in [0.25, 0.3) is 11.6 Å². The van der Waals surface area contributed by atoms with Crippen LogP contribution < -0.4 is 5.32 Å². The van der Waals surface area contributed by atoms with E-state index in [9.17, 15) is 14.4 Å². The second kappa shape index (κ2) is 9.41. The second-order valence-electron chi connectivity index (χ2n) is 7.33. The Kier molecular flexibility index (Phi) is 6.68. The summed E-state index contributed by atoms with van der Waals surface area (Å²) in [4.78, 5) is 41.2. The first kappa shape index (κ1) is 22.0. The second-order valence-corrected chi connectivity index (χ2v) is 7.33. The summed E-state index contributed by atoms with van der Waals surface area (Å²) in [6, 6.07) is 4.03. The Morgan fingerprint density at radius 3 is 2.68 bits per heavy atom. The molecule has 0 aliphatic rings. The number of carbonyl (C=O) groups excluding carboxylic acids is 3. The van der Waals surface area contributed by atoms with Crippen LogP contribution >= 0.6 is 0 Å². The average Bonchev–Trinajstić information content (AvgIpc) is 3.40. The summed E-state index contributed by atoms with van der Waals surface area (Å²) in [5.41, 5.74) is 1.08. The van der Waals surface area contributed by atoms with Gasteiger partial charge in [-0.3, -0.25) is 4.79 Å². The Morgan fingerprint density at radius 1 is 1.26 bits per heavy atom. The number of ether oxygens (including phenoxy) is 2. The fourth-order valence-corrected chi connectivity index (χ4v) is 3.08. The van der Waals surface area contributed by atoms with Gasteiger partial charge in [-0.15, -0.1) is 0 Å². The van der Waals surface area contributed by atoms with E-state index in [0.29, 0.717) is 29.0 Å². The highest BCUT2D eigenvalue weighted by molar-refractivity contribution is 6.04. The van der Waals surface area contributed by atoms with Crippen LogP contribution in [0.3, 0.4) is 0 Å². The van der Waals surface area contributed by atoms with Crippen LogP contribution in [0, 0.1) is 12.8 Å². The number of hydrogen-bond acceptors (Lipinski definition) is 9. The summed E-state index contributed by atoms with van der Waals surface area (Å²) in [5.74, 6) is -1.37. The first-order chi connectivity index (χ1) is 14.8. The molecule has 3 rings (SSSR count). The smallest absolute Gasteiger partial charge is 0.339 e. The maximum atomic E-state index is 12.8. The van der Waals surface area contributed by atoms with E-state index in [0.717, 1.165) is 0 Å². The lowest BCUT2D eigenvalue weighted by Gasteiger charge is -2.18. The standard InChI is InChI=1S/C21H23N3O7/c1-11(2)8-15(21(27)28-4)22-17(25)10-30-20(26)13-9-14(16-6-5-7-29-16)23-19-18(13)12(3)24-31-19/h5-7,9,11,15H,8,10H2,1-4H3,(H,22,25). The van der Waals surface area contributed by atoms with Crippen LogP contribution in [0.15, 0.2) is 33.4 Å². The molecular formula is C21H23N3O7. The van der Waals surface area contributed by atoms with Crippen molar-refractivity contribution in [3.8, 4) is 11.5 Å². The zero-order valence-electron chi connectivity index (χ0n) is 17.6. The van der Waals surface area contributed by atoms with E-state index in [-0.39, 0.29) is 17.2 Å². The topological polar surface area (TPSA) is 134 Å². The number of pyridine rings is 1. The van der Waals surface area contributed by atoms with E-state index in [4.69, 9.17) is 18.4 Å². The minimum atomic E-state index is -0.824. The maximum absolute atomic E-state index is 12.8. The number of aryl methyl sites for hydroxylation is 1. The van der Waals surface area contributed by atoms with Crippen LogP contribution in [0.25, 0.3) is 22.6 Å². The molecular weight excluding hydrogens is 406 g/mol. The van der Waals surface area contributed by atoms with Crippen LogP contribution in [0.2, 0.25) is 0 Å². The predicted molar refractivity (Wildman–Crippen MR) is 108 cm³/mol. The van der Waals surface area contributed by atoms with Gasteiger partial charge in [0.15, 0.2) is 12.4 Å². The Balaban J connectivity index is 1.76. The van der Waals surface area contributed by atoms with Crippen molar-refractivity contribution in [2.45, 2.75) is 33.2 Å². The predicted octanol–water partition coefficient (Wildman–Crippen LogP) is 2.65. The van der Waals surface area contributed by atoms with Crippen molar-refractivity contribution in [1.82, 2.24) is 15.5 Å². The molecule has 0 saturated heterocycles. The highest BCUT2D eigenvalue weighted by atomic mass is 16.5. The number of furan rings is 1. The van der Waals surface area contributed by atoms with E-state index >= 15 is 0 Å². The number of carbonyl (C=O) groups is 3. The molecule has 0 saturated carbocycles. The van der Waals surface area contributed by atoms with E-state index in [1.165, 1.54) is 19.4 Å². The number of nitrogens with zero attached hydrogens (tertiary/aromatic N) is 2. The Bertz CT molecular complexity index is 1090. The number of methoxy groups -OCH3 is 1. The summed E-state index contributed by atoms with van der Waals surface area (Å²) in [6.45, 7) is 4.91.